The van der Waals surface area contributed by atoms with E-state index in [1.165, 1.54) is 11.1 Å². The van der Waals surface area contributed by atoms with E-state index in [2.05, 4.69) is 32.0 Å². The minimum atomic E-state index is 0. The van der Waals surface area contributed by atoms with E-state index >= 15 is 0 Å². The predicted octanol–water partition coefficient (Wildman–Crippen LogP) is -3.97. The van der Waals surface area contributed by atoms with E-state index < -0.39 is 0 Å². The van der Waals surface area contributed by atoms with Crippen LogP contribution in [0.25, 0.3) is 0 Å². The van der Waals surface area contributed by atoms with Gasteiger partial charge in [-0.05, 0) is 0 Å². The van der Waals surface area contributed by atoms with Crippen molar-refractivity contribution in [2.24, 2.45) is 0 Å². The molecule has 0 aromatic heterocycles. The second kappa shape index (κ2) is 7.20. The van der Waals surface area contributed by atoms with E-state index in [1.54, 1.807) is 0 Å². The molecular weight excluding hydrogens is 213 g/mol. The van der Waals surface area contributed by atoms with Crippen molar-refractivity contribution >= 4 is 0 Å². The molecular formula is C7H9F2Zr. The predicted molar refractivity (Wildman–Crippen MR) is 31.5 cm³/mol. The molecule has 55 valence electrons. The molecule has 0 unspecified atom stereocenters. The first-order valence-electron chi connectivity index (χ1n) is 2.49. The zero-order chi connectivity index (χ0) is 5.28. The average Bonchev–Trinajstić information content (AvgIpc) is 1.87. The van der Waals surface area contributed by atoms with Crippen LogP contribution in [0.4, 0.5) is 0 Å². The van der Waals surface area contributed by atoms with Crippen LogP contribution in [0.3, 0.4) is 0 Å². The molecule has 0 aliphatic rings. The summed E-state index contributed by atoms with van der Waals surface area (Å²) in [6.45, 7) is 4.21. The van der Waals surface area contributed by atoms with Gasteiger partial charge in [-0.1, -0.05) is 13.8 Å². The van der Waals surface area contributed by atoms with Gasteiger partial charge in [0.25, 0.3) is 0 Å². The molecule has 0 nitrogen and oxygen atoms in total. The van der Waals surface area contributed by atoms with Crippen LogP contribution in [0.5, 0.6) is 0 Å². The molecule has 1 radical (unpaired) electrons. The van der Waals surface area contributed by atoms with Crippen molar-refractivity contribution in [3.8, 4) is 0 Å². The number of hydrogen-bond donors (Lipinski definition) is 0. The fraction of sp³-hybridized carbons (Fsp3) is 0.286. The third kappa shape index (κ3) is 4.92. The molecule has 0 spiro atoms. The number of halogens is 2. The summed E-state index contributed by atoms with van der Waals surface area (Å²) in [5.41, 5.74) is 2.72. The molecule has 0 N–H and O–H groups in total. The van der Waals surface area contributed by atoms with Crippen LogP contribution in [-0.4, -0.2) is 0 Å². The second-order valence-corrected chi connectivity index (χ2v) is 1.97. The smallest absolute Gasteiger partial charge is 1.00 e. The van der Waals surface area contributed by atoms with E-state index in [0.717, 1.165) is 0 Å². The minimum Gasteiger partial charge on any atom is -1.00 e. The monoisotopic (exact) mass is 221 g/mol. The minimum absolute atomic E-state index is 0. The fourth-order valence-corrected chi connectivity index (χ4v) is 0.718. The Kier molecular flexibility index (Phi) is 11.9. The van der Waals surface area contributed by atoms with E-state index in [-0.39, 0.29) is 35.6 Å². The molecule has 1 aromatic rings. The van der Waals surface area contributed by atoms with E-state index in [1.807, 2.05) is 0 Å². The van der Waals surface area contributed by atoms with Gasteiger partial charge in [0.05, 0.1) is 0 Å². The molecule has 0 fully saturated rings. The van der Waals surface area contributed by atoms with Crippen molar-refractivity contribution in [2.75, 3.05) is 0 Å². The van der Waals surface area contributed by atoms with Gasteiger partial charge in [-0.2, -0.15) is 17.7 Å². The summed E-state index contributed by atoms with van der Waals surface area (Å²) in [7, 11) is 0. The van der Waals surface area contributed by atoms with Gasteiger partial charge in [0.1, 0.15) is 0 Å². The van der Waals surface area contributed by atoms with Gasteiger partial charge < -0.3 is 9.41 Å². The van der Waals surface area contributed by atoms with Crippen LogP contribution in [0.1, 0.15) is 11.1 Å². The van der Waals surface area contributed by atoms with Crippen molar-refractivity contribution in [1.82, 2.24) is 0 Å². The summed E-state index contributed by atoms with van der Waals surface area (Å²) in [4.78, 5) is 0. The van der Waals surface area contributed by atoms with Gasteiger partial charge in [0.2, 0.25) is 0 Å². The van der Waals surface area contributed by atoms with Crippen molar-refractivity contribution < 1.29 is 35.6 Å². The van der Waals surface area contributed by atoms with E-state index in [4.69, 9.17) is 0 Å². The zero-order valence-corrected chi connectivity index (χ0v) is 8.45. The molecule has 0 bridgehead atoms. The largest absolute Gasteiger partial charge is 3.00 e. The van der Waals surface area contributed by atoms with Gasteiger partial charge in [0, 0.05) is 0 Å². The van der Waals surface area contributed by atoms with Crippen LogP contribution in [0.2, 0.25) is 0 Å². The molecule has 1 rings (SSSR count). The Hall–Kier alpha value is 0.0931. The number of hydrogen-bond acceptors (Lipinski definition) is 0. The Morgan fingerprint density at radius 2 is 1.80 bits per heavy atom. The average molecular weight is 222 g/mol. The molecule has 0 amide bonds. The van der Waals surface area contributed by atoms with Gasteiger partial charge in [0.15, 0.2) is 0 Å². The summed E-state index contributed by atoms with van der Waals surface area (Å²) < 4.78 is 0. The maximum absolute atomic E-state index is 2.17. The van der Waals surface area contributed by atoms with Crippen molar-refractivity contribution in [2.45, 2.75) is 13.8 Å². The first kappa shape index (κ1) is 16.6. The number of aryl methyl sites for hydroxylation is 2. The second-order valence-electron chi connectivity index (χ2n) is 1.97. The molecule has 0 aliphatic heterocycles. The SMILES string of the molecule is Cc1cc[c-](C)c1.[F-].[F-].[Zr+3]. The van der Waals surface area contributed by atoms with Gasteiger partial charge >= 0.3 is 26.2 Å². The van der Waals surface area contributed by atoms with Crippen LogP contribution >= 0.6 is 0 Å². The normalized spacial score (nSPS) is 6.60. The Morgan fingerprint density at radius 3 is 1.90 bits per heavy atom. The Morgan fingerprint density at radius 1 is 1.30 bits per heavy atom. The third-order valence-electron chi connectivity index (χ3n) is 1.06. The molecule has 0 saturated carbocycles. The Balaban J connectivity index is -0.000000163. The van der Waals surface area contributed by atoms with Crippen molar-refractivity contribution in [3.05, 3.63) is 29.3 Å². The van der Waals surface area contributed by atoms with Crippen LogP contribution in [0.15, 0.2) is 18.2 Å². The fourth-order valence-electron chi connectivity index (χ4n) is 0.718. The molecule has 1 aromatic carbocycles. The first-order chi connectivity index (χ1) is 3.29. The third-order valence-corrected chi connectivity index (χ3v) is 1.06. The maximum Gasteiger partial charge on any atom is 3.00 e. The molecule has 0 heterocycles. The Labute approximate surface area is 78.9 Å². The van der Waals surface area contributed by atoms with Crippen LogP contribution in [0, 0.1) is 13.8 Å². The maximum atomic E-state index is 2.17. The van der Waals surface area contributed by atoms with Crippen LogP contribution in [-0.2, 0) is 26.2 Å². The topological polar surface area (TPSA) is 0 Å². The quantitative estimate of drug-likeness (QED) is 0.393. The van der Waals surface area contributed by atoms with Gasteiger partial charge in [-0.3, -0.25) is 0 Å². The first-order valence-corrected chi connectivity index (χ1v) is 2.49. The molecule has 3 heteroatoms. The van der Waals surface area contributed by atoms with Crippen LogP contribution < -0.4 is 9.41 Å². The summed E-state index contributed by atoms with van der Waals surface area (Å²) >= 11 is 0. The standard InChI is InChI=1S/C7H9.2FH.Zr/c1-6-3-4-7(2)5-6;;;/h3-5H,1-2H3;2*1H;/q-1;;;+3/p-2. The van der Waals surface area contributed by atoms with Gasteiger partial charge in [-0.15, -0.1) is 0 Å². The molecule has 0 atom stereocenters. The summed E-state index contributed by atoms with van der Waals surface area (Å²) in [6, 6.07) is 6.41. The number of rotatable bonds is 0. The van der Waals surface area contributed by atoms with Crippen molar-refractivity contribution in [3.63, 3.8) is 0 Å². The summed E-state index contributed by atoms with van der Waals surface area (Å²) in [5.74, 6) is 0. The summed E-state index contributed by atoms with van der Waals surface area (Å²) in [5, 5.41) is 0. The van der Waals surface area contributed by atoms with Gasteiger partial charge in [-0.25, -0.2) is 11.6 Å². The molecule has 10 heavy (non-hydrogen) atoms. The van der Waals surface area contributed by atoms with Crippen molar-refractivity contribution in [1.29, 1.82) is 0 Å². The molecule has 0 aliphatic carbocycles. The zero-order valence-electron chi connectivity index (χ0n) is 5.99. The van der Waals surface area contributed by atoms with E-state index in [0.29, 0.717) is 0 Å². The summed E-state index contributed by atoms with van der Waals surface area (Å²) in [6.07, 6.45) is 0. The van der Waals surface area contributed by atoms with E-state index in [9.17, 15) is 0 Å². The molecule has 0 saturated heterocycles. The Bertz CT molecular complexity index is 144.